The van der Waals surface area contributed by atoms with Gasteiger partial charge in [-0.2, -0.15) is 0 Å². The molecule has 1 saturated carbocycles. The van der Waals surface area contributed by atoms with Crippen molar-refractivity contribution in [3.05, 3.63) is 53.6 Å². The second-order valence-corrected chi connectivity index (χ2v) is 9.24. The van der Waals surface area contributed by atoms with Crippen molar-refractivity contribution in [1.82, 2.24) is 4.90 Å². The highest BCUT2D eigenvalue weighted by Crippen LogP contribution is 2.51. The molecule has 180 valence electrons. The average Bonchev–Trinajstić information content (AvgIpc) is 3.34. The van der Waals surface area contributed by atoms with Gasteiger partial charge in [0.25, 0.3) is 0 Å². The number of amides is 1. The normalized spacial score (nSPS) is 25.8. The van der Waals surface area contributed by atoms with E-state index in [0.29, 0.717) is 36.0 Å². The van der Waals surface area contributed by atoms with Crippen molar-refractivity contribution in [2.45, 2.75) is 43.7 Å². The van der Waals surface area contributed by atoms with E-state index < -0.39 is 5.60 Å². The number of ether oxygens (including phenoxy) is 4. The molecule has 2 aromatic rings. The Morgan fingerprint density at radius 2 is 1.94 bits per heavy atom. The number of carbonyl (C=O) groups is 1. The van der Waals surface area contributed by atoms with Crippen LogP contribution in [0.4, 0.5) is 0 Å². The van der Waals surface area contributed by atoms with E-state index in [0.717, 1.165) is 36.8 Å². The lowest BCUT2D eigenvalue weighted by Gasteiger charge is -2.52. The molecule has 2 heterocycles. The van der Waals surface area contributed by atoms with Crippen molar-refractivity contribution in [3.63, 3.8) is 0 Å². The fourth-order valence-electron chi connectivity index (χ4n) is 5.66. The van der Waals surface area contributed by atoms with Crippen molar-refractivity contribution in [2.75, 3.05) is 27.6 Å². The number of piperidine rings is 1. The summed E-state index contributed by atoms with van der Waals surface area (Å²) in [7, 11) is 3.24. The second-order valence-electron chi connectivity index (χ2n) is 9.24. The molecule has 1 amide bonds. The van der Waals surface area contributed by atoms with E-state index in [2.05, 4.69) is 0 Å². The zero-order valence-corrected chi connectivity index (χ0v) is 19.7. The van der Waals surface area contributed by atoms with Crippen LogP contribution in [-0.2, 0) is 4.79 Å². The van der Waals surface area contributed by atoms with Gasteiger partial charge in [0.1, 0.15) is 11.5 Å². The van der Waals surface area contributed by atoms with Crippen molar-refractivity contribution < 1.29 is 28.8 Å². The molecule has 5 rings (SSSR count). The Kier molecular flexibility index (Phi) is 6.13. The first-order chi connectivity index (χ1) is 16.5. The van der Waals surface area contributed by atoms with Crippen LogP contribution in [0.3, 0.4) is 0 Å². The van der Waals surface area contributed by atoms with E-state index in [9.17, 15) is 9.90 Å². The molecule has 7 nitrogen and oxygen atoms in total. The SMILES string of the molecule is COc1ccc(C2C3CCCCC3(O)CCN2C(=O)C=Cc2ccc3c(c2)OCO3)c(OC)c1. The lowest BCUT2D eigenvalue weighted by atomic mass is 9.66. The maximum atomic E-state index is 13.5. The quantitative estimate of drug-likeness (QED) is 0.662. The molecule has 0 bridgehead atoms. The Labute approximate surface area is 199 Å². The van der Waals surface area contributed by atoms with Gasteiger partial charge < -0.3 is 29.0 Å². The zero-order valence-electron chi connectivity index (χ0n) is 19.7. The number of carbonyl (C=O) groups excluding carboxylic acids is 1. The van der Waals surface area contributed by atoms with Gasteiger partial charge >= 0.3 is 0 Å². The Bertz CT molecular complexity index is 1100. The smallest absolute Gasteiger partial charge is 0.247 e. The number of methoxy groups -OCH3 is 2. The predicted molar refractivity (Wildman–Crippen MR) is 127 cm³/mol. The summed E-state index contributed by atoms with van der Waals surface area (Å²) in [6, 6.07) is 11.0. The minimum atomic E-state index is -0.772. The van der Waals surface area contributed by atoms with E-state index in [4.69, 9.17) is 18.9 Å². The molecule has 0 radical (unpaired) electrons. The number of rotatable bonds is 5. The van der Waals surface area contributed by atoms with Gasteiger partial charge in [-0.05, 0) is 55.2 Å². The summed E-state index contributed by atoms with van der Waals surface area (Å²) < 4.78 is 21.9. The standard InChI is InChI=1S/C27H31NO6/c1-31-19-8-9-20(23(16-19)32-2)26-21-5-3-4-12-27(21,30)13-14-28(26)25(29)11-7-18-6-10-22-24(15-18)34-17-33-22/h6-11,15-16,21,26,30H,3-5,12-14,17H2,1-2H3. The van der Waals surface area contributed by atoms with Crippen LogP contribution in [0.15, 0.2) is 42.5 Å². The Morgan fingerprint density at radius 1 is 1.09 bits per heavy atom. The lowest BCUT2D eigenvalue weighted by molar-refractivity contribution is -0.151. The van der Waals surface area contributed by atoms with E-state index in [1.165, 1.54) is 0 Å². The highest BCUT2D eigenvalue weighted by molar-refractivity contribution is 5.92. The Hall–Kier alpha value is -3.19. The van der Waals surface area contributed by atoms with Gasteiger partial charge in [0.05, 0.1) is 25.9 Å². The number of hydrogen-bond donors (Lipinski definition) is 1. The maximum Gasteiger partial charge on any atom is 0.247 e. The molecule has 1 saturated heterocycles. The summed E-state index contributed by atoms with van der Waals surface area (Å²) in [5.41, 5.74) is 0.992. The minimum absolute atomic E-state index is 0.0554. The van der Waals surface area contributed by atoms with Crippen molar-refractivity contribution >= 4 is 12.0 Å². The molecule has 1 aliphatic carbocycles. The molecule has 2 aliphatic heterocycles. The first-order valence-electron chi connectivity index (χ1n) is 11.8. The average molecular weight is 466 g/mol. The van der Waals surface area contributed by atoms with Crippen LogP contribution >= 0.6 is 0 Å². The molecule has 3 atom stereocenters. The van der Waals surface area contributed by atoms with Crippen LogP contribution in [0.2, 0.25) is 0 Å². The Morgan fingerprint density at radius 3 is 2.76 bits per heavy atom. The minimum Gasteiger partial charge on any atom is -0.497 e. The van der Waals surface area contributed by atoms with Gasteiger partial charge in [0.2, 0.25) is 12.7 Å². The second kappa shape index (κ2) is 9.22. The van der Waals surface area contributed by atoms with Crippen LogP contribution in [-0.4, -0.2) is 49.1 Å². The number of fused-ring (bicyclic) bond motifs is 2. The van der Waals surface area contributed by atoms with Crippen LogP contribution in [0, 0.1) is 5.92 Å². The topological polar surface area (TPSA) is 77.5 Å². The predicted octanol–water partition coefficient (Wildman–Crippen LogP) is 4.34. The maximum absolute atomic E-state index is 13.5. The molecule has 1 N–H and O–H groups in total. The van der Waals surface area contributed by atoms with Crippen LogP contribution in [0.5, 0.6) is 23.0 Å². The van der Waals surface area contributed by atoms with Crippen molar-refractivity contribution in [1.29, 1.82) is 0 Å². The third kappa shape index (κ3) is 4.09. The zero-order chi connectivity index (χ0) is 23.7. The molecule has 3 aliphatic rings. The van der Waals surface area contributed by atoms with E-state index in [1.807, 2.05) is 41.3 Å². The van der Waals surface area contributed by atoms with Crippen LogP contribution in [0.1, 0.15) is 49.3 Å². The van der Waals surface area contributed by atoms with E-state index in [1.54, 1.807) is 26.4 Å². The monoisotopic (exact) mass is 465 g/mol. The molecule has 0 aromatic heterocycles. The van der Waals surface area contributed by atoms with Gasteiger partial charge in [0, 0.05) is 30.2 Å². The number of nitrogens with zero attached hydrogens (tertiary/aromatic N) is 1. The van der Waals surface area contributed by atoms with Crippen LogP contribution < -0.4 is 18.9 Å². The summed E-state index contributed by atoms with van der Waals surface area (Å²) in [5.74, 6) is 2.60. The first-order valence-corrected chi connectivity index (χ1v) is 11.8. The van der Waals surface area contributed by atoms with Gasteiger partial charge in [-0.1, -0.05) is 18.9 Å². The molecular weight excluding hydrogens is 434 g/mol. The third-order valence-corrected chi connectivity index (χ3v) is 7.42. The number of hydrogen-bond acceptors (Lipinski definition) is 6. The third-order valence-electron chi connectivity index (χ3n) is 7.42. The summed E-state index contributed by atoms with van der Waals surface area (Å²) >= 11 is 0. The van der Waals surface area contributed by atoms with Gasteiger partial charge in [-0.25, -0.2) is 0 Å². The molecular formula is C27H31NO6. The summed E-state index contributed by atoms with van der Waals surface area (Å²) in [6.45, 7) is 0.696. The van der Waals surface area contributed by atoms with Gasteiger partial charge in [0.15, 0.2) is 11.5 Å². The van der Waals surface area contributed by atoms with Crippen LogP contribution in [0.25, 0.3) is 6.08 Å². The highest BCUT2D eigenvalue weighted by Gasteiger charge is 2.50. The molecule has 0 spiro atoms. The number of benzene rings is 2. The molecule has 7 heteroatoms. The summed E-state index contributed by atoms with van der Waals surface area (Å²) in [5, 5.41) is 11.5. The number of likely N-dealkylation sites (tertiary alicyclic amines) is 1. The molecule has 2 fully saturated rings. The Balaban J connectivity index is 1.48. The van der Waals surface area contributed by atoms with Gasteiger partial charge in [-0.3, -0.25) is 4.79 Å². The molecule has 2 aromatic carbocycles. The van der Waals surface area contributed by atoms with E-state index >= 15 is 0 Å². The fourth-order valence-corrected chi connectivity index (χ4v) is 5.66. The molecule has 3 unspecified atom stereocenters. The van der Waals surface area contributed by atoms with Gasteiger partial charge in [-0.15, -0.1) is 0 Å². The number of aliphatic hydroxyl groups is 1. The fraction of sp³-hybridized carbons (Fsp3) is 0.444. The first kappa shape index (κ1) is 22.6. The largest absolute Gasteiger partial charge is 0.497 e. The highest BCUT2D eigenvalue weighted by atomic mass is 16.7. The van der Waals surface area contributed by atoms with E-state index in [-0.39, 0.29) is 24.7 Å². The summed E-state index contributed by atoms with van der Waals surface area (Å²) in [6.07, 6.45) is 7.67. The lowest BCUT2D eigenvalue weighted by Crippen LogP contribution is -2.56. The molecule has 34 heavy (non-hydrogen) atoms. The summed E-state index contributed by atoms with van der Waals surface area (Å²) in [4.78, 5) is 15.4. The van der Waals surface area contributed by atoms with Crippen molar-refractivity contribution in [3.8, 4) is 23.0 Å². The van der Waals surface area contributed by atoms with Crippen molar-refractivity contribution in [2.24, 2.45) is 5.92 Å².